The van der Waals surface area contributed by atoms with Crippen molar-refractivity contribution in [1.82, 2.24) is 0 Å². The Kier molecular flexibility index (Phi) is 8.08. The topological polar surface area (TPSA) is 95.5 Å². The van der Waals surface area contributed by atoms with Crippen molar-refractivity contribution in [3.05, 3.63) is 115 Å². The number of hydrogen-bond acceptors (Lipinski definition) is 4. The van der Waals surface area contributed by atoms with Gasteiger partial charge < -0.3 is 15.7 Å². The van der Waals surface area contributed by atoms with Crippen LogP contribution in [0, 0.1) is 11.8 Å². The Bertz CT molecular complexity index is 1530. The molecule has 5 rings (SSSR count). The number of thioether (sulfide) groups is 1. The number of aliphatic carboxylic acids is 1. The SMILES string of the molecule is O=C(Nc1cccc2ccccc12)C(Sc1cccc(NC(=O)C2CC=CCC2C(=O)O)c1)c1ccccc1. The standard InChI is InChI=1S/C32H28N2O4S/c35-30(26-17-6-7-18-27(26)32(37)38)33-23-14-9-15-24(20-23)39-29(22-11-2-1-3-12-22)31(36)34-28-19-8-13-21-10-4-5-16-25(21)28/h1-16,19-20,26-27,29H,17-18H2,(H,33,35)(H,34,36)(H,37,38). The second-order valence-electron chi connectivity index (χ2n) is 9.44. The van der Waals surface area contributed by atoms with E-state index < -0.39 is 23.1 Å². The summed E-state index contributed by atoms with van der Waals surface area (Å²) in [4.78, 5) is 39.1. The van der Waals surface area contributed by atoms with Crippen molar-refractivity contribution in [2.24, 2.45) is 11.8 Å². The summed E-state index contributed by atoms with van der Waals surface area (Å²) in [7, 11) is 0. The van der Waals surface area contributed by atoms with E-state index in [-0.39, 0.29) is 11.8 Å². The summed E-state index contributed by atoms with van der Waals surface area (Å²) >= 11 is 1.39. The molecule has 0 aliphatic heterocycles. The minimum Gasteiger partial charge on any atom is -0.481 e. The first-order valence-electron chi connectivity index (χ1n) is 12.8. The van der Waals surface area contributed by atoms with Gasteiger partial charge in [-0.2, -0.15) is 0 Å². The molecular formula is C32H28N2O4S. The Morgan fingerprint density at radius 2 is 1.46 bits per heavy atom. The third-order valence-electron chi connectivity index (χ3n) is 6.83. The van der Waals surface area contributed by atoms with E-state index in [0.29, 0.717) is 18.5 Å². The summed E-state index contributed by atoms with van der Waals surface area (Å²) in [6.07, 6.45) is 4.40. The fraction of sp³-hybridized carbons (Fsp3) is 0.156. The van der Waals surface area contributed by atoms with Crippen LogP contribution in [0.2, 0.25) is 0 Å². The summed E-state index contributed by atoms with van der Waals surface area (Å²) in [6.45, 7) is 0. The van der Waals surface area contributed by atoms with E-state index in [1.54, 1.807) is 6.07 Å². The number of anilines is 2. The van der Waals surface area contributed by atoms with E-state index in [9.17, 15) is 19.5 Å². The number of allylic oxidation sites excluding steroid dienone is 2. The summed E-state index contributed by atoms with van der Waals surface area (Å²) in [5.74, 6) is -2.82. The van der Waals surface area contributed by atoms with Gasteiger partial charge >= 0.3 is 5.97 Å². The Morgan fingerprint density at radius 1 is 0.769 bits per heavy atom. The first-order valence-corrected chi connectivity index (χ1v) is 13.7. The maximum absolute atomic E-state index is 13.7. The summed E-state index contributed by atoms with van der Waals surface area (Å²) in [5, 5.41) is 17.0. The average Bonchev–Trinajstić information content (AvgIpc) is 2.96. The van der Waals surface area contributed by atoms with Crippen LogP contribution in [0.4, 0.5) is 11.4 Å². The van der Waals surface area contributed by atoms with E-state index in [2.05, 4.69) is 10.6 Å². The van der Waals surface area contributed by atoms with Crippen molar-refractivity contribution < 1.29 is 19.5 Å². The number of benzene rings is 4. The normalized spacial score (nSPS) is 17.3. The van der Waals surface area contributed by atoms with Gasteiger partial charge in [-0.05, 0) is 48.1 Å². The van der Waals surface area contributed by atoms with Gasteiger partial charge in [0, 0.05) is 21.7 Å². The number of rotatable bonds is 8. The maximum atomic E-state index is 13.7. The summed E-state index contributed by atoms with van der Waals surface area (Å²) in [6, 6.07) is 30.6. The van der Waals surface area contributed by atoms with Crippen LogP contribution in [-0.2, 0) is 14.4 Å². The van der Waals surface area contributed by atoms with Crippen LogP contribution in [-0.4, -0.2) is 22.9 Å². The highest BCUT2D eigenvalue weighted by molar-refractivity contribution is 8.00. The fourth-order valence-corrected chi connectivity index (χ4v) is 5.91. The minimum atomic E-state index is -0.966. The largest absolute Gasteiger partial charge is 0.481 e. The molecule has 0 fully saturated rings. The van der Waals surface area contributed by atoms with Crippen molar-refractivity contribution in [2.75, 3.05) is 10.6 Å². The molecule has 4 aromatic rings. The highest BCUT2D eigenvalue weighted by Gasteiger charge is 2.34. The lowest BCUT2D eigenvalue weighted by Crippen LogP contribution is -2.34. The number of nitrogens with one attached hydrogen (secondary N) is 2. The van der Waals surface area contributed by atoms with E-state index in [1.165, 1.54) is 11.8 Å². The molecule has 0 radical (unpaired) electrons. The van der Waals surface area contributed by atoms with Crippen molar-refractivity contribution >= 4 is 51.7 Å². The van der Waals surface area contributed by atoms with Crippen LogP contribution >= 0.6 is 11.8 Å². The molecule has 1 aliphatic carbocycles. The predicted octanol–water partition coefficient (Wildman–Crippen LogP) is 6.92. The van der Waals surface area contributed by atoms with E-state index >= 15 is 0 Å². The van der Waals surface area contributed by atoms with Gasteiger partial charge in [0.05, 0.1) is 11.8 Å². The zero-order valence-electron chi connectivity index (χ0n) is 21.1. The number of amides is 2. The van der Waals surface area contributed by atoms with Crippen LogP contribution in [0.5, 0.6) is 0 Å². The van der Waals surface area contributed by atoms with Gasteiger partial charge in [0.1, 0.15) is 5.25 Å². The summed E-state index contributed by atoms with van der Waals surface area (Å²) in [5.41, 5.74) is 2.16. The molecule has 39 heavy (non-hydrogen) atoms. The molecule has 7 heteroatoms. The number of fused-ring (bicyclic) bond motifs is 1. The van der Waals surface area contributed by atoms with Gasteiger partial charge in [0.25, 0.3) is 0 Å². The van der Waals surface area contributed by atoms with E-state index in [0.717, 1.165) is 26.9 Å². The third kappa shape index (κ3) is 6.21. The third-order valence-corrected chi connectivity index (χ3v) is 8.08. The highest BCUT2D eigenvalue weighted by Crippen LogP contribution is 2.38. The predicted molar refractivity (Wildman–Crippen MR) is 156 cm³/mol. The molecule has 2 amide bonds. The zero-order chi connectivity index (χ0) is 27.2. The first-order chi connectivity index (χ1) is 19.0. The Labute approximate surface area is 231 Å². The molecule has 0 spiro atoms. The van der Waals surface area contributed by atoms with Crippen LogP contribution < -0.4 is 10.6 Å². The zero-order valence-corrected chi connectivity index (χ0v) is 21.9. The van der Waals surface area contributed by atoms with Crippen molar-refractivity contribution in [3.8, 4) is 0 Å². The van der Waals surface area contributed by atoms with Gasteiger partial charge in [-0.25, -0.2) is 0 Å². The lowest BCUT2D eigenvalue weighted by atomic mass is 9.82. The van der Waals surface area contributed by atoms with Crippen LogP contribution in [0.1, 0.15) is 23.7 Å². The molecule has 1 aliphatic rings. The molecule has 0 saturated carbocycles. The van der Waals surface area contributed by atoms with Crippen LogP contribution in [0.15, 0.2) is 114 Å². The molecule has 4 aromatic carbocycles. The van der Waals surface area contributed by atoms with Gasteiger partial charge in [-0.1, -0.05) is 84.9 Å². The number of carbonyl (C=O) groups excluding carboxylic acids is 2. The van der Waals surface area contributed by atoms with Crippen LogP contribution in [0.25, 0.3) is 10.8 Å². The molecule has 0 saturated heterocycles. The van der Waals surface area contributed by atoms with Crippen molar-refractivity contribution in [3.63, 3.8) is 0 Å². The Balaban J connectivity index is 1.36. The van der Waals surface area contributed by atoms with E-state index in [4.69, 9.17) is 0 Å². The molecule has 3 unspecified atom stereocenters. The molecular weight excluding hydrogens is 508 g/mol. The molecule has 0 aromatic heterocycles. The van der Waals surface area contributed by atoms with E-state index in [1.807, 2.05) is 103 Å². The lowest BCUT2D eigenvalue weighted by molar-refractivity contribution is -0.146. The maximum Gasteiger partial charge on any atom is 0.307 e. The molecule has 196 valence electrons. The van der Waals surface area contributed by atoms with Gasteiger partial charge in [-0.15, -0.1) is 11.8 Å². The van der Waals surface area contributed by atoms with Crippen molar-refractivity contribution in [1.29, 1.82) is 0 Å². The molecule has 3 atom stereocenters. The summed E-state index contributed by atoms with van der Waals surface area (Å²) < 4.78 is 0. The molecule has 0 heterocycles. The second-order valence-corrected chi connectivity index (χ2v) is 10.6. The second kappa shape index (κ2) is 12.0. The first kappa shape index (κ1) is 26.3. The molecule has 6 nitrogen and oxygen atoms in total. The van der Waals surface area contributed by atoms with Gasteiger partial charge in [0.15, 0.2) is 0 Å². The quantitative estimate of drug-likeness (QED) is 0.168. The number of carbonyl (C=O) groups is 3. The number of hydrogen-bond donors (Lipinski definition) is 3. The highest BCUT2D eigenvalue weighted by atomic mass is 32.2. The van der Waals surface area contributed by atoms with Gasteiger partial charge in [0.2, 0.25) is 11.8 Å². The molecule has 3 N–H and O–H groups in total. The van der Waals surface area contributed by atoms with Crippen LogP contribution in [0.3, 0.4) is 0 Å². The monoisotopic (exact) mass is 536 g/mol. The Hall–Kier alpha value is -4.36. The number of carboxylic acid groups (broad SMARTS) is 1. The Morgan fingerprint density at radius 3 is 2.26 bits per heavy atom. The molecule has 0 bridgehead atoms. The van der Waals surface area contributed by atoms with Crippen molar-refractivity contribution in [2.45, 2.75) is 23.0 Å². The van der Waals surface area contributed by atoms with Gasteiger partial charge in [-0.3, -0.25) is 14.4 Å². The minimum absolute atomic E-state index is 0.157. The number of carboxylic acids is 1. The lowest BCUT2D eigenvalue weighted by Gasteiger charge is -2.24. The fourth-order valence-electron chi connectivity index (χ4n) is 4.83. The average molecular weight is 537 g/mol. The smallest absolute Gasteiger partial charge is 0.307 e.